The molecule has 4 aliphatic rings. The van der Waals surface area contributed by atoms with Crippen LogP contribution < -0.4 is 4.74 Å². The lowest BCUT2D eigenvalue weighted by molar-refractivity contribution is -0.164. The first kappa shape index (κ1) is 30.8. The molecule has 3 saturated carbocycles. The first-order chi connectivity index (χ1) is 19.5. The lowest BCUT2D eigenvalue weighted by Crippen LogP contribution is -2.35. The fourth-order valence-corrected chi connectivity index (χ4v) is 8.81. The van der Waals surface area contributed by atoms with Crippen molar-refractivity contribution in [3.05, 3.63) is 41.0 Å². The van der Waals surface area contributed by atoms with Crippen LogP contribution in [0.25, 0.3) is 0 Å². The van der Waals surface area contributed by atoms with E-state index in [1.165, 1.54) is 6.07 Å². The average molecular weight is 585 g/mol. The predicted octanol–water partition coefficient (Wildman–Crippen LogP) is 11.3. The lowest BCUT2D eigenvalue weighted by atomic mass is 9.67. The van der Waals surface area contributed by atoms with Crippen LogP contribution in [0.3, 0.4) is 0 Å². The molecule has 1 nitrogen and oxygen atoms in total. The van der Waals surface area contributed by atoms with Crippen molar-refractivity contribution in [1.29, 1.82) is 0 Å². The van der Waals surface area contributed by atoms with Gasteiger partial charge < -0.3 is 4.74 Å². The highest BCUT2D eigenvalue weighted by atomic mass is 19.4. The molecule has 1 aliphatic heterocycles. The fraction of sp³-hybridized carbons (Fsp3) is 0.765. The molecule has 3 aliphatic carbocycles. The van der Waals surface area contributed by atoms with Crippen molar-refractivity contribution in [2.24, 2.45) is 29.6 Å². The van der Waals surface area contributed by atoms with E-state index in [-0.39, 0.29) is 11.5 Å². The summed E-state index contributed by atoms with van der Waals surface area (Å²) < 4.78 is 93.6. The number of alkyl halides is 6. The van der Waals surface area contributed by atoms with Crippen LogP contribution >= 0.6 is 0 Å². The van der Waals surface area contributed by atoms with Gasteiger partial charge in [0, 0.05) is 0 Å². The normalized spacial score (nSPS) is 33.1. The van der Waals surface area contributed by atoms with Crippen LogP contribution in [0.15, 0.2) is 18.7 Å². The molecule has 3 fully saturated rings. The Balaban J connectivity index is 1.39. The summed E-state index contributed by atoms with van der Waals surface area (Å²) in [6.45, 7) is 6.06. The zero-order chi connectivity index (χ0) is 29.4. The number of benzene rings is 1. The van der Waals surface area contributed by atoms with Gasteiger partial charge >= 0.3 is 12.4 Å². The van der Waals surface area contributed by atoms with Crippen molar-refractivity contribution in [3.63, 3.8) is 0 Å². The highest BCUT2D eigenvalue weighted by Gasteiger charge is 2.50. The monoisotopic (exact) mass is 584 g/mol. The third-order valence-corrected chi connectivity index (χ3v) is 11.1. The third-order valence-electron chi connectivity index (χ3n) is 11.1. The van der Waals surface area contributed by atoms with Crippen LogP contribution in [-0.2, 0) is 18.8 Å². The Hall–Kier alpha value is -1.66. The van der Waals surface area contributed by atoms with E-state index < -0.39 is 41.3 Å². The van der Waals surface area contributed by atoms with E-state index in [1.807, 2.05) is 6.08 Å². The standard InChI is InChI=1S/C34H46F6O/c1-3-5-22-8-12-26(13-9-22)29-19-18-27-20-28(30(33(35,36)37)31(32(27)41-29)34(38,39)40)25-16-14-24(15-17-25)23-10-6-21(4-2)7-11-23/h4,20-26,29H,2-3,5-19H2,1H3. The van der Waals surface area contributed by atoms with Gasteiger partial charge in [-0.25, -0.2) is 0 Å². The maximum atomic E-state index is 14.6. The van der Waals surface area contributed by atoms with Crippen LogP contribution in [0.4, 0.5) is 26.3 Å². The van der Waals surface area contributed by atoms with Crippen LogP contribution in [0.1, 0.15) is 131 Å². The summed E-state index contributed by atoms with van der Waals surface area (Å²) in [6, 6.07) is 1.45. The molecule has 1 aromatic rings. The van der Waals surface area contributed by atoms with E-state index in [0.29, 0.717) is 54.9 Å². The number of aryl methyl sites for hydroxylation is 1. The molecule has 0 aromatic heterocycles. The first-order valence-electron chi connectivity index (χ1n) is 16.1. The molecule has 0 bridgehead atoms. The molecule has 0 saturated heterocycles. The van der Waals surface area contributed by atoms with Gasteiger partial charge in [0.2, 0.25) is 0 Å². The Morgan fingerprint density at radius 3 is 1.85 bits per heavy atom. The summed E-state index contributed by atoms with van der Waals surface area (Å²) in [5.41, 5.74) is -2.92. The molecule has 230 valence electrons. The summed E-state index contributed by atoms with van der Waals surface area (Å²) in [7, 11) is 0. The predicted molar refractivity (Wildman–Crippen MR) is 150 cm³/mol. The number of hydrogen-bond donors (Lipinski definition) is 0. The second-order valence-electron chi connectivity index (χ2n) is 13.5. The minimum Gasteiger partial charge on any atom is -0.489 e. The van der Waals surface area contributed by atoms with Crippen LogP contribution in [-0.4, -0.2) is 6.10 Å². The van der Waals surface area contributed by atoms with E-state index in [9.17, 15) is 26.3 Å². The number of hydrogen-bond acceptors (Lipinski definition) is 1. The Morgan fingerprint density at radius 1 is 0.756 bits per heavy atom. The largest absolute Gasteiger partial charge is 0.489 e. The molecular weight excluding hydrogens is 538 g/mol. The highest BCUT2D eigenvalue weighted by molar-refractivity contribution is 5.55. The molecule has 5 rings (SSSR count). The quantitative estimate of drug-likeness (QED) is 0.239. The molecule has 1 aromatic carbocycles. The SMILES string of the molecule is C=CC1CCC(C2CCC(c3cc4c(c(C(F)(F)F)c3C(F)(F)F)OC(C3CCC(CCC)CC3)CC4)CC2)CC1. The van der Waals surface area contributed by atoms with Crippen molar-refractivity contribution in [2.75, 3.05) is 0 Å². The molecule has 0 radical (unpaired) electrons. The molecule has 1 atom stereocenters. The summed E-state index contributed by atoms with van der Waals surface area (Å²) in [4.78, 5) is 0. The van der Waals surface area contributed by atoms with E-state index in [2.05, 4.69) is 13.5 Å². The maximum absolute atomic E-state index is 14.6. The average Bonchev–Trinajstić information content (AvgIpc) is 2.95. The molecule has 41 heavy (non-hydrogen) atoms. The van der Waals surface area contributed by atoms with Gasteiger partial charge in [0.25, 0.3) is 0 Å². The zero-order valence-corrected chi connectivity index (χ0v) is 24.4. The summed E-state index contributed by atoms with van der Waals surface area (Å²) in [5, 5.41) is 0. The molecule has 0 N–H and O–H groups in total. The Morgan fingerprint density at radius 2 is 1.32 bits per heavy atom. The smallest absolute Gasteiger partial charge is 0.420 e. The first-order valence-corrected chi connectivity index (χ1v) is 16.1. The third kappa shape index (κ3) is 6.79. The van der Waals surface area contributed by atoms with Gasteiger partial charge in [-0.2, -0.15) is 26.3 Å². The number of rotatable bonds is 6. The van der Waals surface area contributed by atoms with Crippen molar-refractivity contribution >= 4 is 0 Å². The van der Waals surface area contributed by atoms with E-state index >= 15 is 0 Å². The number of halogens is 6. The summed E-state index contributed by atoms with van der Waals surface area (Å²) in [6.07, 6.45) is 5.25. The van der Waals surface area contributed by atoms with Crippen molar-refractivity contribution in [2.45, 2.75) is 134 Å². The lowest BCUT2D eigenvalue weighted by Gasteiger charge is -2.40. The molecule has 0 amide bonds. The molecule has 7 heteroatoms. The van der Waals surface area contributed by atoms with Gasteiger partial charge in [0.1, 0.15) is 17.4 Å². The van der Waals surface area contributed by atoms with Gasteiger partial charge in [-0.05, 0) is 124 Å². The van der Waals surface area contributed by atoms with E-state index in [0.717, 1.165) is 77.0 Å². The molecule has 1 unspecified atom stereocenters. The second-order valence-corrected chi connectivity index (χ2v) is 13.5. The zero-order valence-electron chi connectivity index (χ0n) is 24.4. The van der Waals surface area contributed by atoms with Crippen LogP contribution in [0, 0.1) is 29.6 Å². The van der Waals surface area contributed by atoms with Gasteiger partial charge in [0.15, 0.2) is 0 Å². The van der Waals surface area contributed by atoms with Crippen molar-refractivity contribution in [3.8, 4) is 5.75 Å². The minimum atomic E-state index is -5.15. The number of ether oxygens (including phenoxy) is 1. The molecular formula is C34H46F6O. The number of allylic oxidation sites excluding steroid dienone is 1. The minimum absolute atomic E-state index is 0.100. The fourth-order valence-electron chi connectivity index (χ4n) is 8.81. The summed E-state index contributed by atoms with van der Waals surface area (Å²) >= 11 is 0. The van der Waals surface area contributed by atoms with Crippen LogP contribution in [0.2, 0.25) is 0 Å². The van der Waals surface area contributed by atoms with Gasteiger partial charge in [0.05, 0.1) is 5.56 Å². The molecule has 0 spiro atoms. The van der Waals surface area contributed by atoms with Gasteiger partial charge in [-0.1, -0.05) is 44.7 Å². The summed E-state index contributed by atoms with van der Waals surface area (Å²) in [5.74, 6) is 1.23. The maximum Gasteiger partial charge on any atom is 0.420 e. The Labute approximate surface area is 241 Å². The second kappa shape index (κ2) is 12.5. The van der Waals surface area contributed by atoms with Gasteiger partial charge in [-0.15, -0.1) is 6.58 Å². The number of fused-ring (bicyclic) bond motifs is 1. The van der Waals surface area contributed by atoms with E-state index in [1.54, 1.807) is 0 Å². The topological polar surface area (TPSA) is 9.23 Å². The van der Waals surface area contributed by atoms with E-state index in [4.69, 9.17) is 4.74 Å². The van der Waals surface area contributed by atoms with Crippen molar-refractivity contribution in [1.82, 2.24) is 0 Å². The van der Waals surface area contributed by atoms with Gasteiger partial charge in [-0.3, -0.25) is 0 Å². The Kier molecular flexibility index (Phi) is 9.40. The molecule has 1 heterocycles. The van der Waals surface area contributed by atoms with Crippen LogP contribution in [0.5, 0.6) is 5.75 Å². The Bertz CT molecular complexity index is 1030. The van der Waals surface area contributed by atoms with Crippen molar-refractivity contribution < 1.29 is 31.1 Å². The highest BCUT2D eigenvalue weighted by Crippen LogP contribution is 2.54.